The lowest BCUT2D eigenvalue weighted by molar-refractivity contribution is 0.0942. The number of amides is 1. The summed E-state index contributed by atoms with van der Waals surface area (Å²) in [4.78, 5) is 21.8. The number of nitrogens with one attached hydrogen (secondary N) is 1. The predicted octanol–water partition coefficient (Wildman–Crippen LogP) is 2.19. The first-order valence-corrected chi connectivity index (χ1v) is 7.26. The van der Waals surface area contributed by atoms with Crippen molar-refractivity contribution in [3.8, 4) is 0 Å². The van der Waals surface area contributed by atoms with Gasteiger partial charge in [-0.25, -0.2) is 9.97 Å². The zero-order chi connectivity index (χ0) is 13.4. The number of nitrogens with two attached hydrogens (primary N) is 1. The van der Waals surface area contributed by atoms with Gasteiger partial charge in [0.1, 0.15) is 15.2 Å². The fourth-order valence-electron chi connectivity index (χ4n) is 2.21. The largest absolute Gasteiger partial charge is 0.396 e. The van der Waals surface area contributed by atoms with Crippen molar-refractivity contribution in [2.75, 3.05) is 5.73 Å². The molecule has 100 valence electrons. The van der Waals surface area contributed by atoms with Crippen LogP contribution in [-0.4, -0.2) is 21.9 Å². The molecule has 1 saturated carbocycles. The molecule has 1 amide bonds. The summed E-state index contributed by atoms with van der Waals surface area (Å²) in [5.74, 6) is 0.675. The Morgan fingerprint density at radius 1 is 1.53 bits per heavy atom. The maximum atomic E-state index is 12.2. The molecule has 5 nitrogen and oxygen atoms in total. The molecule has 1 aliphatic rings. The van der Waals surface area contributed by atoms with Gasteiger partial charge in [0.15, 0.2) is 0 Å². The van der Waals surface area contributed by atoms with Crippen LogP contribution < -0.4 is 11.1 Å². The zero-order valence-corrected chi connectivity index (χ0v) is 11.5. The molecule has 1 fully saturated rings. The Labute approximate surface area is 115 Å². The predicted molar refractivity (Wildman–Crippen MR) is 76.1 cm³/mol. The number of fused-ring (bicyclic) bond motifs is 1. The number of nitrogens with zero attached hydrogens (tertiary/aromatic N) is 2. The molecule has 3 N–H and O–H groups in total. The molecular weight excluding hydrogens is 260 g/mol. The third-order valence-corrected chi connectivity index (χ3v) is 4.43. The standard InChI is InChI=1S/C13H16N4OS/c1-7(6-8-2-3-8)17-12(18)11-9(14)10-13(19-11)16-5-4-15-10/h4-5,7-8H,2-3,6,14H2,1H3,(H,17,18). The summed E-state index contributed by atoms with van der Waals surface area (Å²) in [6.07, 6.45) is 6.82. The van der Waals surface area contributed by atoms with Crippen molar-refractivity contribution in [2.45, 2.75) is 32.2 Å². The van der Waals surface area contributed by atoms with E-state index in [0.717, 1.165) is 12.3 Å². The first-order valence-electron chi connectivity index (χ1n) is 6.45. The molecule has 0 spiro atoms. The van der Waals surface area contributed by atoms with E-state index in [-0.39, 0.29) is 11.9 Å². The number of thiophene rings is 1. The van der Waals surface area contributed by atoms with E-state index in [4.69, 9.17) is 5.73 Å². The molecule has 1 atom stereocenters. The minimum atomic E-state index is -0.115. The van der Waals surface area contributed by atoms with Gasteiger partial charge in [0.2, 0.25) is 0 Å². The molecule has 1 aliphatic carbocycles. The highest BCUT2D eigenvalue weighted by molar-refractivity contribution is 7.21. The van der Waals surface area contributed by atoms with E-state index in [1.807, 2.05) is 6.92 Å². The number of hydrogen-bond donors (Lipinski definition) is 2. The second-order valence-electron chi connectivity index (χ2n) is 5.11. The summed E-state index contributed by atoms with van der Waals surface area (Å²) in [6.45, 7) is 2.04. The monoisotopic (exact) mass is 276 g/mol. The average Bonchev–Trinajstić information content (AvgIpc) is 3.12. The normalized spacial score (nSPS) is 16.5. The molecule has 3 rings (SSSR count). The van der Waals surface area contributed by atoms with Crippen molar-refractivity contribution in [3.05, 3.63) is 17.3 Å². The van der Waals surface area contributed by atoms with Gasteiger partial charge in [-0.05, 0) is 19.3 Å². The molecule has 0 saturated heterocycles. The highest BCUT2D eigenvalue weighted by atomic mass is 32.1. The van der Waals surface area contributed by atoms with Gasteiger partial charge >= 0.3 is 0 Å². The van der Waals surface area contributed by atoms with Gasteiger partial charge in [-0.2, -0.15) is 0 Å². The Hall–Kier alpha value is -1.69. The van der Waals surface area contributed by atoms with Crippen molar-refractivity contribution in [2.24, 2.45) is 5.92 Å². The van der Waals surface area contributed by atoms with Gasteiger partial charge < -0.3 is 11.1 Å². The first kappa shape index (κ1) is 12.3. The van der Waals surface area contributed by atoms with E-state index in [1.165, 1.54) is 24.2 Å². The molecular formula is C13H16N4OS. The fourth-order valence-corrected chi connectivity index (χ4v) is 3.14. The molecule has 6 heteroatoms. The van der Waals surface area contributed by atoms with E-state index >= 15 is 0 Å². The maximum Gasteiger partial charge on any atom is 0.263 e. The number of aromatic nitrogens is 2. The molecule has 2 heterocycles. The lowest BCUT2D eigenvalue weighted by Gasteiger charge is -2.12. The smallest absolute Gasteiger partial charge is 0.263 e. The number of anilines is 1. The van der Waals surface area contributed by atoms with Crippen molar-refractivity contribution in [1.82, 2.24) is 15.3 Å². The second kappa shape index (κ2) is 4.77. The van der Waals surface area contributed by atoms with Crippen LogP contribution in [-0.2, 0) is 0 Å². The summed E-state index contributed by atoms with van der Waals surface area (Å²) >= 11 is 1.30. The van der Waals surface area contributed by atoms with Crippen molar-refractivity contribution in [1.29, 1.82) is 0 Å². The molecule has 0 radical (unpaired) electrons. The number of hydrogen-bond acceptors (Lipinski definition) is 5. The third kappa shape index (κ3) is 2.53. The van der Waals surface area contributed by atoms with Gasteiger partial charge in [-0.1, -0.05) is 12.8 Å². The second-order valence-corrected chi connectivity index (χ2v) is 6.11. The Morgan fingerprint density at radius 3 is 2.95 bits per heavy atom. The topological polar surface area (TPSA) is 80.9 Å². The molecule has 0 bridgehead atoms. The number of nitrogen functional groups attached to an aromatic ring is 1. The number of carbonyl (C=O) groups excluding carboxylic acids is 1. The summed E-state index contributed by atoms with van der Waals surface area (Å²) < 4.78 is 0. The third-order valence-electron chi connectivity index (χ3n) is 3.33. The van der Waals surface area contributed by atoms with E-state index in [2.05, 4.69) is 15.3 Å². The van der Waals surface area contributed by atoms with E-state index in [0.29, 0.717) is 20.9 Å². The van der Waals surface area contributed by atoms with Gasteiger partial charge in [0.05, 0.1) is 5.69 Å². The van der Waals surface area contributed by atoms with Crippen molar-refractivity contribution >= 4 is 33.3 Å². The SMILES string of the molecule is CC(CC1CC1)NC(=O)c1sc2nccnc2c1N. The molecule has 0 aromatic carbocycles. The summed E-state index contributed by atoms with van der Waals surface area (Å²) in [5.41, 5.74) is 7.03. The quantitative estimate of drug-likeness (QED) is 0.897. The highest BCUT2D eigenvalue weighted by Gasteiger charge is 2.25. The molecule has 1 unspecified atom stereocenters. The Bertz CT molecular complexity index is 620. The van der Waals surface area contributed by atoms with Crippen LogP contribution in [0.5, 0.6) is 0 Å². The Kier molecular flexibility index (Phi) is 3.10. The average molecular weight is 276 g/mol. The molecule has 19 heavy (non-hydrogen) atoms. The summed E-state index contributed by atoms with van der Waals surface area (Å²) in [5, 5.41) is 3.01. The molecule has 0 aliphatic heterocycles. The minimum Gasteiger partial charge on any atom is -0.396 e. The number of carbonyl (C=O) groups is 1. The lowest BCUT2D eigenvalue weighted by atomic mass is 10.1. The van der Waals surface area contributed by atoms with Crippen LogP contribution in [0.4, 0.5) is 5.69 Å². The minimum absolute atomic E-state index is 0.115. The van der Waals surface area contributed by atoms with Crippen LogP contribution in [0.25, 0.3) is 10.3 Å². The van der Waals surface area contributed by atoms with Gasteiger partial charge in [-0.15, -0.1) is 11.3 Å². The summed E-state index contributed by atoms with van der Waals surface area (Å²) in [7, 11) is 0. The van der Waals surface area contributed by atoms with Gasteiger partial charge in [0, 0.05) is 18.4 Å². The van der Waals surface area contributed by atoms with Gasteiger partial charge in [0.25, 0.3) is 5.91 Å². The van der Waals surface area contributed by atoms with Crippen LogP contribution >= 0.6 is 11.3 Å². The Balaban J connectivity index is 1.78. The molecule has 2 aromatic heterocycles. The van der Waals surface area contributed by atoms with Crippen molar-refractivity contribution in [3.63, 3.8) is 0 Å². The van der Waals surface area contributed by atoms with Crippen LogP contribution in [0.15, 0.2) is 12.4 Å². The van der Waals surface area contributed by atoms with Crippen LogP contribution in [0.3, 0.4) is 0 Å². The highest BCUT2D eigenvalue weighted by Crippen LogP contribution is 2.34. The fraction of sp³-hybridized carbons (Fsp3) is 0.462. The molecule has 2 aromatic rings. The van der Waals surface area contributed by atoms with Crippen molar-refractivity contribution < 1.29 is 4.79 Å². The van der Waals surface area contributed by atoms with Crippen LogP contribution in [0.1, 0.15) is 35.9 Å². The first-order chi connectivity index (χ1) is 9.15. The van der Waals surface area contributed by atoms with Crippen LogP contribution in [0, 0.1) is 5.92 Å². The number of rotatable bonds is 4. The lowest BCUT2D eigenvalue weighted by Crippen LogP contribution is -2.32. The van der Waals surface area contributed by atoms with Gasteiger partial charge in [-0.3, -0.25) is 4.79 Å². The van der Waals surface area contributed by atoms with Crippen LogP contribution in [0.2, 0.25) is 0 Å². The zero-order valence-electron chi connectivity index (χ0n) is 10.7. The maximum absolute atomic E-state index is 12.2. The van der Waals surface area contributed by atoms with E-state index in [1.54, 1.807) is 12.4 Å². The Morgan fingerprint density at radius 2 is 2.26 bits per heavy atom. The summed E-state index contributed by atoms with van der Waals surface area (Å²) in [6, 6.07) is 0.186. The van der Waals surface area contributed by atoms with E-state index < -0.39 is 0 Å². The van der Waals surface area contributed by atoms with E-state index in [9.17, 15) is 4.79 Å².